The van der Waals surface area contributed by atoms with E-state index in [1.807, 2.05) is 6.08 Å². The Hall–Kier alpha value is -2.77. The minimum atomic E-state index is -2.88. The maximum atomic E-state index is 13.2. The van der Waals surface area contributed by atoms with Crippen molar-refractivity contribution in [1.29, 1.82) is 0 Å². The van der Waals surface area contributed by atoms with E-state index >= 15 is 0 Å². The number of methoxy groups -OCH3 is 1. The Morgan fingerprint density at radius 3 is 2.85 bits per heavy atom. The van der Waals surface area contributed by atoms with Gasteiger partial charge in [-0.1, -0.05) is 36.5 Å². The number of alkyl halides is 2. The lowest BCUT2D eigenvalue weighted by Gasteiger charge is -2.35. The van der Waals surface area contributed by atoms with Crippen LogP contribution in [0.2, 0.25) is 0 Å². The van der Waals surface area contributed by atoms with Crippen molar-refractivity contribution in [3.63, 3.8) is 0 Å². The molecule has 0 spiro atoms. The normalized spacial score (nSPS) is 28.0. The van der Waals surface area contributed by atoms with Crippen LogP contribution in [0.3, 0.4) is 0 Å². The summed E-state index contributed by atoms with van der Waals surface area (Å²) < 4.78 is 32.6. The van der Waals surface area contributed by atoms with E-state index in [2.05, 4.69) is 17.0 Å². The zero-order chi connectivity index (χ0) is 19.8. The minimum Gasteiger partial charge on any atom is -0.469 e. The molecule has 3 unspecified atom stereocenters. The lowest BCUT2D eigenvalue weighted by atomic mass is 9.78. The number of hydrogen-bond donors (Lipinski definition) is 1. The molecule has 0 radical (unpaired) electrons. The first-order valence-electron chi connectivity index (χ1n) is 8.56. The van der Waals surface area contributed by atoms with Gasteiger partial charge in [0.1, 0.15) is 5.69 Å². The van der Waals surface area contributed by atoms with Crippen LogP contribution < -0.4 is 5.32 Å². The topological polar surface area (TPSA) is 73.2 Å². The van der Waals surface area contributed by atoms with Gasteiger partial charge in [0.25, 0.3) is 12.3 Å². The molecule has 1 heterocycles. The Morgan fingerprint density at radius 1 is 1.44 bits per heavy atom. The number of ether oxygens (including phenoxy) is 1. The van der Waals surface area contributed by atoms with Crippen molar-refractivity contribution in [1.82, 2.24) is 15.1 Å². The Balaban J connectivity index is 2.01. The van der Waals surface area contributed by atoms with Crippen molar-refractivity contribution in [3.8, 4) is 0 Å². The lowest BCUT2D eigenvalue weighted by Crippen LogP contribution is -2.53. The summed E-state index contributed by atoms with van der Waals surface area (Å²) >= 11 is 0. The van der Waals surface area contributed by atoms with Gasteiger partial charge in [-0.2, -0.15) is 5.10 Å². The zero-order valence-electron chi connectivity index (χ0n) is 15.1. The summed E-state index contributed by atoms with van der Waals surface area (Å²) in [6, 6.07) is 0. The molecule has 0 aliphatic heterocycles. The van der Waals surface area contributed by atoms with Crippen LogP contribution in [0, 0.1) is 11.8 Å². The molecule has 3 rings (SSSR count). The second-order valence-electron chi connectivity index (χ2n) is 6.84. The highest BCUT2D eigenvalue weighted by molar-refractivity contribution is 5.96. The molecule has 1 aromatic heterocycles. The number of nitrogens with one attached hydrogen (secondary N) is 1. The first-order chi connectivity index (χ1) is 12.8. The third kappa shape index (κ3) is 3.31. The number of aromatic nitrogens is 2. The number of rotatable bonds is 4. The average Bonchev–Trinajstić information content (AvgIpc) is 3.20. The monoisotopic (exact) mass is 377 g/mol. The van der Waals surface area contributed by atoms with Gasteiger partial charge in [0.05, 0.1) is 24.1 Å². The van der Waals surface area contributed by atoms with Gasteiger partial charge < -0.3 is 10.1 Å². The van der Waals surface area contributed by atoms with Crippen LogP contribution in [0.5, 0.6) is 0 Å². The highest BCUT2D eigenvalue weighted by Gasteiger charge is 2.53. The first kappa shape index (κ1) is 19.0. The summed E-state index contributed by atoms with van der Waals surface area (Å²) in [5.74, 6) is -2.07. The van der Waals surface area contributed by atoms with Gasteiger partial charge in [-0.05, 0) is 18.8 Å². The molecule has 3 atom stereocenters. The molecule has 144 valence electrons. The quantitative estimate of drug-likeness (QED) is 0.819. The number of amides is 1. The van der Waals surface area contributed by atoms with Crippen LogP contribution in [0.1, 0.15) is 35.3 Å². The molecule has 6 nitrogen and oxygen atoms in total. The lowest BCUT2D eigenvalue weighted by molar-refractivity contribution is -0.148. The van der Waals surface area contributed by atoms with Crippen LogP contribution in [-0.4, -0.2) is 34.3 Å². The van der Waals surface area contributed by atoms with Gasteiger partial charge in [0, 0.05) is 13.2 Å². The summed E-state index contributed by atoms with van der Waals surface area (Å²) in [7, 11) is 2.75. The third-order valence-electron chi connectivity index (χ3n) is 5.23. The minimum absolute atomic E-state index is 0.206. The molecule has 1 amide bonds. The second kappa shape index (κ2) is 7.09. The molecular weight excluding hydrogens is 356 g/mol. The second-order valence-corrected chi connectivity index (χ2v) is 6.84. The molecular formula is C19H21F2N3O3. The predicted octanol–water partition coefficient (Wildman–Crippen LogP) is 2.71. The molecule has 2 aliphatic rings. The fourth-order valence-corrected chi connectivity index (χ4v) is 4.00. The summed E-state index contributed by atoms with van der Waals surface area (Å²) in [6.07, 6.45) is 6.50. The molecule has 1 N–H and O–H groups in total. The molecule has 1 fully saturated rings. The van der Waals surface area contributed by atoms with E-state index in [1.165, 1.54) is 25.0 Å². The van der Waals surface area contributed by atoms with Gasteiger partial charge in [0.2, 0.25) is 0 Å². The summed E-state index contributed by atoms with van der Waals surface area (Å²) in [6.45, 7) is 4.02. The maximum absolute atomic E-state index is 13.2. The number of aryl methyl sites for hydroxylation is 1. The Morgan fingerprint density at radius 2 is 2.19 bits per heavy atom. The molecule has 0 saturated heterocycles. The SMILES string of the molecule is C=C1/C=C\C=CC2(NC(=O)c3cn(C)nc3C(F)F)CCC1C2C(=O)OC. The summed E-state index contributed by atoms with van der Waals surface area (Å²) in [5.41, 5.74) is -1.08. The number of hydrogen-bond acceptors (Lipinski definition) is 4. The standard InChI is InChI=1S/C19H21F2N3O3/c1-11-6-4-5-8-19(9-7-12(11)14(19)18(26)27-3)22-17(25)13-10-24(2)23-15(13)16(20)21/h4-6,8,10,12,14,16H,1,7,9H2,2-3H3,(H,22,25)/b6-4-,8-5?. The van der Waals surface area contributed by atoms with Crippen molar-refractivity contribution >= 4 is 11.9 Å². The van der Waals surface area contributed by atoms with Crippen LogP contribution in [-0.2, 0) is 16.6 Å². The molecule has 2 bridgehead atoms. The van der Waals surface area contributed by atoms with Gasteiger partial charge in [-0.3, -0.25) is 14.3 Å². The zero-order valence-corrected chi connectivity index (χ0v) is 15.1. The third-order valence-corrected chi connectivity index (χ3v) is 5.23. The van der Waals surface area contributed by atoms with Crippen LogP contribution in [0.25, 0.3) is 0 Å². The van der Waals surface area contributed by atoms with Crippen molar-refractivity contribution in [2.45, 2.75) is 24.8 Å². The van der Waals surface area contributed by atoms with E-state index in [0.29, 0.717) is 12.8 Å². The number of nitrogens with zero attached hydrogens (tertiary/aromatic N) is 2. The van der Waals surface area contributed by atoms with E-state index in [-0.39, 0.29) is 11.5 Å². The van der Waals surface area contributed by atoms with Crippen LogP contribution in [0.4, 0.5) is 8.78 Å². The van der Waals surface area contributed by atoms with E-state index in [0.717, 1.165) is 5.57 Å². The van der Waals surface area contributed by atoms with Crippen molar-refractivity contribution in [2.24, 2.45) is 18.9 Å². The smallest absolute Gasteiger partial charge is 0.312 e. The van der Waals surface area contributed by atoms with Gasteiger partial charge in [-0.25, -0.2) is 8.78 Å². The maximum Gasteiger partial charge on any atom is 0.312 e. The Kier molecular flexibility index (Phi) is 4.99. The number of allylic oxidation sites excluding steroid dienone is 4. The number of carbonyl (C=O) groups is 2. The Labute approximate surface area is 155 Å². The van der Waals surface area contributed by atoms with Crippen molar-refractivity contribution < 1.29 is 23.1 Å². The molecule has 1 aromatic rings. The van der Waals surface area contributed by atoms with Crippen molar-refractivity contribution in [2.75, 3.05) is 7.11 Å². The van der Waals surface area contributed by atoms with Gasteiger partial charge in [0.15, 0.2) is 0 Å². The van der Waals surface area contributed by atoms with Crippen LogP contribution in [0.15, 0.2) is 42.7 Å². The first-order valence-corrected chi connectivity index (χ1v) is 8.56. The fraction of sp³-hybridized carbons (Fsp3) is 0.421. The predicted molar refractivity (Wildman–Crippen MR) is 94.0 cm³/mol. The Bertz CT molecular complexity index is 843. The largest absolute Gasteiger partial charge is 0.469 e. The van der Waals surface area contributed by atoms with E-state index in [4.69, 9.17) is 4.74 Å². The average molecular weight is 377 g/mol. The fourth-order valence-electron chi connectivity index (χ4n) is 4.00. The highest BCUT2D eigenvalue weighted by atomic mass is 19.3. The van der Waals surface area contributed by atoms with Crippen molar-refractivity contribution in [3.05, 3.63) is 53.9 Å². The highest BCUT2D eigenvalue weighted by Crippen LogP contribution is 2.46. The van der Waals surface area contributed by atoms with Crippen LogP contribution >= 0.6 is 0 Å². The molecule has 0 aromatic carbocycles. The molecule has 8 heteroatoms. The number of esters is 1. The summed E-state index contributed by atoms with van der Waals surface area (Å²) in [5, 5.41) is 6.48. The number of carbonyl (C=O) groups excluding carboxylic acids is 2. The van der Waals surface area contributed by atoms with Gasteiger partial charge >= 0.3 is 5.97 Å². The molecule has 27 heavy (non-hydrogen) atoms. The number of fused-ring (bicyclic) bond motifs is 2. The molecule has 2 aliphatic carbocycles. The van der Waals surface area contributed by atoms with E-state index < -0.39 is 35.5 Å². The van der Waals surface area contributed by atoms with Gasteiger partial charge in [-0.15, -0.1) is 0 Å². The van der Waals surface area contributed by atoms with E-state index in [1.54, 1.807) is 18.2 Å². The van der Waals surface area contributed by atoms with E-state index in [9.17, 15) is 18.4 Å². The number of halogens is 2. The molecule has 1 saturated carbocycles. The summed E-state index contributed by atoms with van der Waals surface area (Å²) in [4.78, 5) is 25.4.